The van der Waals surface area contributed by atoms with E-state index in [1.54, 1.807) is 14.2 Å². The van der Waals surface area contributed by atoms with Crippen molar-refractivity contribution in [3.63, 3.8) is 0 Å². The van der Waals surface area contributed by atoms with Gasteiger partial charge in [-0.05, 0) is 12.1 Å². The first-order chi connectivity index (χ1) is 7.64. The molecule has 1 aromatic carbocycles. The molecule has 0 aliphatic heterocycles. The summed E-state index contributed by atoms with van der Waals surface area (Å²) in [4.78, 5) is 10.5. The lowest BCUT2D eigenvalue weighted by atomic mass is 10.1. The van der Waals surface area contributed by atoms with Gasteiger partial charge in [0.1, 0.15) is 12.0 Å². The summed E-state index contributed by atoms with van der Waals surface area (Å²) < 4.78 is 9.19. The Morgan fingerprint density at radius 1 is 1.38 bits per heavy atom. The lowest BCUT2D eigenvalue weighted by Crippen LogP contribution is -1.90. The van der Waals surface area contributed by atoms with E-state index in [-0.39, 0.29) is 0 Å². The van der Waals surface area contributed by atoms with Crippen LogP contribution in [0.4, 0.5) is 0 Å². The van der Waals surface area contributed by atoms with Crippen molar-refractivity contribution in [1.82, 2.24) is 0 Å². The van der Waals surface area contributed by atoms with Crippen molar-refractivity contribution in [1.29, 1.82) is 0 Å². The van der Waals surface area contributed by atoms with Gasteiger partial charge in [0.2, 0.25) is 0 Å². The fourth-order valence-electron chi connectivity index (χ4n) is 0.941. The summed E-state index contributed by atoms with van der Waals surface area (Å²) in [5.41, 5.74) is 0.914. The van der Waals surface area contributed by atoms with Crippen LogP contribution in [0.3, 0.4) is 0 Å². The maximum Gasteiger partial charge on any atom is 0.150 e. The van der Waals surface area contributed by atoms with Crippen LogP contribution < -0.4 is 4.74 Å². The maximum absolute atomic E-state index is 10.5. The van der Waals surface area contributed by atoms with Gasteiger partial charge in [-0.3, -0.25) is 4.79 Å². The van der Waals surface area contributed by atoms with Crippen LogP contribution in [0.25, 0.3) is 0 Å². The van der Waals surface area contributed by atoms with E-state index in [1.807, 2.05) is 0 Å². The van der Waals surface area contributed by atoms with Gasteiger partial charge in [0.05, 0.1) is 12.1 Å². The van der Waals surface area contributed by atoms with E-state index in [0.717, 1.165) is 0 Å². The van der Waals surface area contributed by atoms with Gasteiger partial charge in [-0.15, -0.1) is 6.42 Å². The van der Waals surface area contributed by atoms with Gasteiger partial charge in [-0.25, -0.2) is 0 Å². The van der Waals surface area contributed by atoms with E-state index in [1.165, 1.54) is 19.2 Å². The number of aldehydes is 1. The molecule has 4 heteroatoms. The second-order valence-electron chi connectivity index (χ2n) is 2.76. The number of benzene rings is 1. The topological polar surface area (TPSA) is 35.5 Å². The standard InChI is InChI=1S/C10H7ClO2.C2H6O/c1-3-8-4-7(6-12)5-9(13-2)10(8)11;1-3-2/h1,4-6H,2H3;1-2H3. The Labute approximate surface area is 100 Å². The number of carbonyl (C=O) groups excluding carboxylic acids is 1. The van der Waals surface area contributed by atoms with Crippen LogP contribution in [-0.2, 0) is 4.74 Å². The molecule has 0 unspecified atom stereocenters. The zero-order chi connectivity index (χ0) is 12.6. The zero-order valence-electron chi connectivity index (χ0n) is 9.41. The number of hydrogen-bond donors (Lipinski definition) is 0. The second-order valence-corrected chi connectivity index (χ2v) is 3.13. The molecule has 0 saturated heterocycles. The van der Waals surface area contributed by atoms with Gasteiger partial charge in [-0.1, -0.05) is 17.5 Å². The normalized spacial score (nSPS) is 8.44. The summed E-state index contributed by atoms with van der Waals surface area (Å²) >= 11 is 5.85. The minimum absolute atomic E-state index is 0.357. The molecule has 3 nitrogen and oxygen atoms in total. The number of terminal acetylenes is 1. The van der Waals surface area contributed by atoms with Crippen molar-refractivity contribution in [2.45, 2.75) is 0 Å². The summed E-state index contributed by atoms with van der Waals surface area (Å²) in [7, 11) is 4.72. The van der Waals surface area contributed by atoms with Gasteiger partial charge < -0.3 is 9.47 Å². The Bertz CT molecular complexity index is 394. The Morgan fingerprint density at radius 2 is 1.94 bits per heavy atom. The lowest BCUT2D eigenvalue weighted by molar-refractivity contribution is 0.112. The Kier molecular flexibility index (Phi) is 7.02. The smallest absolute Gasteiger partial charge is 0.150 e. The van der Waals surface area contributed by atoms with Gasteiger partial charge in [0.15, 0.2) is 0 Å². The molecule has 0 atom stereocenters. The van der Waals surface area contributed by atoms with Crippen molar-refractivity contribution in [3.05, 3.63) is 28.3 Å². The van der Waals surface area contributed by atoms with E-state index < -0.39 is 0 Å². The molecule has 0 fully saturated rings. The minimum atomic E-state index is 0.357. The summed E-state index contributed by atoms with van der Waals surface area (Å²) in [6.07, 6.45) is 5.89. The first kappa shape index (κ1) is 14.5. The van der Waals surface area contributed by atoms with Gasteiger partial charge in [0.25, 0.3) is 0 Å². The van der Waals surface area contributed by atoms with Crippen LogP contribution in [0, 0.1) is 12.3 Å². The third-order valence-electron chi connectivity index (χ3n) is 1.57. The molecule has 0 aliphatic carbocycles. The highest BCUT2D eigenvalue weighted by Gasteiger charge is 2.07. The summed E-state index contributed by atoms with van der Waals surface area (Å²) in [5.74, 6) is 2.79. The number of rotatable bonds is 2. The number of hydrogen-bond acceptors (Lipinski definition) is 3. The van der Waals surface area contributed by atoms with Crippen LogP contribution in [-0.4, -0.2) is 27.6 Å². The highest BCUT2D eigenvalue weighted by molar-refractivity contribution is 6.33. The summed E-state index contributed by atoms with van der Waals surface area (Å²) in [5, 5.41) is 0.357. The van der Waals surface area contributed by atoms with E-state index >= 15 is 0 Å². The molecule has 0 radical (unpaired) electrons. The predicted octanol–water partition coefficient (Wildman–Crippen LogP) is 2.41. The summed E-state index contributed by atoms with van der Waals surface area (Å²) in [6.45, 7) is 0. The fourth-order valence-corrected chi connectivity index (χ4v) is 1.18. The van der Waals surface area contributed by atoms with Crippen molar-refractivity contribution in [3.8, 4) is 18.1 Å². The van der Waals surface area contributed by atoms with Crippen molar-refractivity contribution < 1.29 is 14.3 Å². The molecular formula is C12H13ClO3. The quantitative estimate of drug-likeness (QED) is 0.588. The predicted molar refractivity (Wildman–Crippen MR) is 64.3 cm³/mol. The van der Waals surface area contributed by atoms with E-state index in [9.17, 15) is 4.79 Å². The van der Waals surface area contributed by atoms with Crippen LogP contribution >= 0.6 is 11.6 Å². The highest BCUT2D eigenvalue weighted by atomic mass is 35.5. The van der Waals surface area contributed by atoms with Crippen molar-refractivity contribution in [2.75, 3.05) is 21.3 Å². The van der Waals surface area contributed by atoms with Crippen LogP contribution in [0.5, 0.6) is 5.75 Å². The second kappa shape index (κ2) is 7.75. The van der Waals surface area contributed by atoms with Crippen LogP contribution in [0.1, 0.15) is 15.9 Å². The molecule has 0 bridgehead atoms. The van der Waals surface area contributed by atoms with Gasteiger partial charge in [-0.2, -0.15) is 0 Å². The number of methoxy groups -OCH3 is 2. The third kappa shape index (κ3) is 3.93. The van der Waals surface area contributed by atoms with E-state index in [4.69, 9.17) is 22.8 Å². The first-order valence-corrected chi connectivity index (χ1v) is 4.71. The number of ether oxygens (including phenoxy) is 2. The van der Waals surface area contributed by atoms with E-state index in [2.05, 4.69) is 10.7 Å². The summed E-state index contributed by atoms with van der Waals surface area (Å²) in [6, 6.07) is 3.08. The molecule has 1 aromatic rings. The molecule has 0 amide bonds. The lowest BCUT2D eigenvalue weighted by Gasteiger charge is -2.05. The molecule has 86 valence electrons. The molecule has 0 spiro atoms. The molecule has 0 aromatic heterocycles. The monoisotopic (exact) mass is 240 g/mol. The third-order valence-corrected chi connectivity index (χ3v) is 1.96. The molecule has 0 heterocycles. The van der Waals surface area contributed by atoms with Crippen molar-refractivity contribution in [2.24, 2.45) is 0 Å². The largest absolute Gasteiger partial charge is 0.495 e. The van der Waals surface area contributed by atoms with Crippen molar-refractivity contribution >= 4 is 17.9 Å². The number of halogens is 1. The molecule has 16 heavy (non-hydrogen) atoms. The fraction of sp³-hybridized carbons (Fsp3) is 0.250. The Balaban J connectivity index is 0.000000673. The van der Waals surface area contributed by atoms with E-state index in [0.29, 0.717) is 28.2 Å². The van der Waals surface area contributed by atoms with Gasteiger partial charge >= 0.3 is 0 Å². The maximum atomic E-state index is 10.5. The average Bonchev–Trinajstić information content (AvgIpc) is 2.30. The SMILES string of the molecule is C#Cc1cc(C=O)cc(OC)c1Cl.COC. The molecule has 0 saturated carbocycles. The molecular weight excluding hydrogens is 228 g/mol. The Hall–Kier alpha value is -1.50. The number of carbonyl (C=O) groups is 1. The van der Waals surface area contributed by atoms with Gasteiger partial charge in [0, 0.05) is 25.3 Å². The molecule has 1 rings (SSSR count). The molecule has 0 aliphatic rings. The minimum Gasteiger partial charge on any atom is -0.495 e. The average molecular weight is 241 g/mol. The van der Waals surface area contributed by atoms with Crippen LogP contribution in [0.15, 0.2) is 12.1 Å². The molecule has 0 N–H and O–H groups in total. The first-order valence-electron chi connectivity index (χ1n) is 4.34. The highest BCUT2D eigenvalue weighted by Crippen LogP contribution is 2.28. The van der Waals surface area contributed by atoms with Crippen LogP contribution in [0.2, 0.25) is 5.02 Å². The Morgan fingerprint density at radius 3 is 2.31 bits per heavy atom. The zero-order valence-corrected chi connectivity index (χ0v) is 10.2.